The molecular formula is C17H22N2O4. The first-order valence-corrected chi connectivity index (χ1v) is 8.00. The van der Waals surface area contributed by atoms with Crippen LogP contribution < -0.4 is 5.32 Å². The van der Waals surface area contributed by atoms with Crippen LogP contribution in [0.25, 0.3) is 0 Å². The first-order valence-electron chi connectivity index (χ1n) is 8.00. The topological polar surface area (TPSA) is 88.5 Å². The van der Waals surface area contributed by atoms with Gasteiger partial charge in [-0.1, -0.05) is 0 Å². The molecular weight excluding hydrogens is 296 g/mol. The van der Waals surface area contributed by atoms with Crippen LogP contribution in [0.3, 0.4) is 0 Å². The number of hydrogen-bond acceptors (Lipinski definition) is 4. The first kappa shape index (κ1) is 15.9. The van der Waals surface area contributed by atoms with Gasteiger partial charge in [0.2, 0.25) is 0 Å². The molecule has 6 nitrogen and oxygen atoms in total. The predicted octanol–water partition coefficient (Wildman–Crippen LogP) is 1.84. The molecule has 1 aliphatic heterocycles. The highest BCUT2D eigenvalue weighted by molar-refractivity contribution is 5.94. The highest BCUT2D eigenvalue weighted by Gasteiger charge is 2.51. The van der Waals surface area contributed by atoms with E-state index in [4.69, 9.17) is 9.84 Å². The molecule has 6 heteroatoms. The van der Waals surface area contributed by atoms with E-state index in [-0.39, 0.29) is 23.5 Å². The molecule has 1 atom stereocenters. The van der Waals surface area contributed by atoms with E-state index < -0.39 is 5.97 Å². The molecule has 0 bridgehead atoms. The van der Waals surface area contributed by atoms with Crippen LogP contribution in [-0.2, 0) is 9.53 Å². The van der Waals surface area contributed by atoms with Crippen molar-refractivity contribution in [3.8, 4) is 0 Å². The van der Waals surface area contributed by atoms with Crippen LogP contribution in [0.1, 0.15) is 47.4 Å². The summed E-state index contributed by atoms with van der Waals surface area (Å²) in [6, 6.07) is 3.59. The SMILES string of the molecule is Cc1cc(C(=O)NC2CCOC3(C2)CC(C(=O)O)C3)cc(C)n1. The normalized spacial score (nSPS) is 29.8. The van der Waals surface area contributed by atoms with Gasteiger partial charge >= 0.3 is 5.97 Å². The molecule has 2 N–H and O–H groups in total. The van der Waals surface area contributed by atoms with E-state index in [9.17, 15) is 9.59 Å². The number of amides is 1. The molecule has 1 saturated carbocycles. The summed E-state index contributed by atoms with van der Waals surface area (Å²) in [5, 5.41) is 12.1. The molecule has 1 aromatic heterocycles. The van der Waals surface area contributed by atoms with Crippen LogP contribution >= 0.6 is 0 Å². The summed E-state index contributed by atoms with van der Waals surface area (Å²) in [5.74, 6) is -1.17. The zero-order valence-corrected chi connectivity index (χ0v) is 13.5. The second-order valence-corrected chi connectivity index (χ2v) is 6.78. The molecule has 2 fully saturated rings. The second-order valence-electron chi connectivity index (χ2n) is 6.78. The number of carbonyl (C=O) groups excluding carboxylic acids is 1. The van der Waals surface area contributed by atoms with E-state index in [2.05, 4.69) is 10.3 Å². The van der Waals surface area contributed by atoms with Crippen LogP contribution in [0.2, 0.25) is 0 Å². The number of hydrogen-bond donors (Lipinski definition) is 2. The maximum absolute atomic E-state index is 12.4. The van der Waals surface area contributed by atoms with Crippen molar-refractivity contribution >= 4 is 11.9 Å². The quantitative estimate of drug-likeness (QED) is 0.888. The molecule has 2 heterocycles. The van der Waals surface area contributed by atoms with Crippen LogP contribution in [-0.4, -0.2) is 40.2 Å². The predicted molar refractivity (Wildman–Crippen MR) is 83.2 cm³/mol. The van der Waals surface area contributed by atoms with E-state index in [1.807, 2.05) is 13.8 Å². The summed E-state index contributed by atoms with van der Waals surface area (Å²) >= 11 is 0. The largest absolute Gasteiger partial charge is 0.481 e. The fraction of sp³-hybridized carbons (Fsp3) is 0.588. The van der Waals surface area contributed by atoms with Gasteiger partial charge in [-0.15, -0.1) is 0 Å². The fourth-order valence-electron chi connectivity index (χ4n) is 3.68. The minimum atomic E-state index is -0.756. The molecule has 0 radical (unpaired) electrons. The lowest BCUT2D eigenvalue weighted by molar-refractivity contribution is -0.181. The van der Waals surface area contributed by atoms with Crippen molar-refractivity contribution in [1.29, 1.82) is 0 Å². The highest BCUT2D eigenvalue weighted by Crippen LogP contribution is 2.46. The Morgan fingerprint density at radius 2 is 1.91 bits per heavy atom. The summed E-state index contributed by atoms with van der Waals surface area (Å²) in [6.45, 7) is 4.30. The zero-order chi connectivity index (χ0) is 16.6. The average Bonchev–Trinajstić information content (AvgIpc) is 2.43. The lowest BCUT2D eigenvalue weighted by atomic mass is 9.66. The average molecular weight is 318 g/mol. The van der Waals surface area contributed by atoms with E-state index in [0.717, 1.165) is 17.8 Å². The number of nitrogens with one attached hydrogen (secondary N) is 1. The third kappa shape index (κ3) is 3.37. The Labute approximate surface area is 135 Å². The Morgan fingerprint density at radius 3 is 2.52 bits per heavy atom. The van der Waals surface area contributed by atoms with Crippen molar-refractivity contribution in [1.82, 2.24) is 10.3 Å². The molecule has 2 aliphatic rings. The van der Waals surface area contributed by atoms with Crippen LogP contribution in [0, 0.1) is 19.8 Å². The number of aliphatic carboxylic acids is 1. The lowest BCUT2D eigenvalue weighted by Crippen LogP contribution is -2.56. The number of carbonyl (C=O) groups is 2. The lowest BCUT2D eigenvalue weighted by Gasteiger charge is -2.50. The van der Waals surface area contributed by atoms with Crippen molar-refractivity contribution in [2.45, 2.75) is 51.2 Å². The highest BCUT2D eigenvalue weighted by atomic mass is 16.5. The molecule has 3 rings (SSSR count). The maximum Gasteiger partial charge on any atom is 0.306 e. The number of pyridine rings is 1. The minimum absolute atomic E-state index is 0.0276. The Balaban J connectivity index is 1.62. The zero-order valence-electron chi connectivity index (χ0n) is 13.5. The van der Waals surface area contributed by atoms with E-state index in [1.165, 1.54) is 0 Å². The molecule has 1 spiro atoms. The molecule has 1 unspecified atom stereocenters. The number of carboxylic acid groups (broad SMARTS) is 1. The molecule has 1 aliphatic carbocycles. The van der Waals surface area contributed by atoms with Gasteiger partial charge in [0, 0.05) is 29.6 Å². The van der Waals surface area contributed by atoms with Gasteiger partial charge in [0.1, 0.15) is 0 Å². The third-order valence-electron chi connectivity index (χ3n) is 4.76. The fourth-order valence-corrected chi connectivity index (χ4v) is 3.68. The van der Waals surface area contributed by atoms with Gasteiger partial charge in [-0.2, -0.15) is 0 Å². The summed E-state index contributed by atoms with van der Waals surface area (Å²) in [7, 11) is 0. The monoisotopic (exact) mass is 318 g/mol. The summed E-state index contributed by atoms with van der Waals surface area (Å²) in [6.07, 6.45) is 2.53. The van der Waals surface area contributed by atoms with Gasteiger partial charge < -0.3 is 15.2 Å². The maximum atomic E-state index is 12.4. The van der Waals surface area contributed by atoms with Crippen molar-refractivity contribution in [3.05, 3.63) is 29.1 Å². The molecule has 1 saturated heterocycles. The summed E-state index contributed by atoms with van der Waals surface area (Å²) in [4.78, 5) is 27.7. The van der Waals surface area contributed by atoms with Crippen LogP contribution in [0.4, 0.5) is 0 Å². The smallest absolute Gasteiger partial charge is 0.306 e. The number of ether oxygens (including phenoxy) is 1. The molecule has 1 aromatic rings. The Kier molecular flexibility index (Phi) is 4.10. The Morgan fingerprint density at radius 1 is 1.26 bits per heavy atom. The van der Waals surface area contributed by atoms with Gasteiger partial charge in [0.15, 0.2) is 0 Å². The van der Waals surface area contributed by atoms with Crippen molar-refractivity contribution in [2.24, 2.45) is 5.92 Å². The second kappa shape index (κ2) is 5.92. The first-order chi connectivity index (χ1) is 10.9. The number of aromatic nitrogens is 1. The Hall–Kier alpha value is -1.95. The third-order valence-corrected chi connectivity index (χ3v) is 4.76. The summed E-state index contributed by atoms with van der Waals surface area (Å²) in [5.41, 5.74) is 1.90. The van der Waals surface area contributed by atoms with Crippen molar-refractivity contribution < 1.29 is 19.4 Å². The van der Waals surface area contributed by atoms with Gasteiger partial charge in [0.25, 0.3) is 5.91 Å². The van der Waals surface area contributed by atoms with Gasteiger partial charge in [0.05, 0.1) is 11.5 Å². The van der Waals surface area contributed by atoms with Crippen molar-refractivity contribution in [2.75, 3.05) is 6.61 Å². The van der Waals surface area contributed by atoms with Gasteiger partial charge in [-0.05, 0) is 51.7 Å². The van der Waals surface area contributed by atoms with Crippen LogP contribution in [0.5, 0.6) is 0 Å². The molecule has 0 aromatic carbocycles. The molecule has 124 valence electrons. The number of nitrogens with zero attached hydrogens (tertiary/aromatic N) is 1. The molecule has 23 heavy (non-hydrogen) atoms. The van der Waals surface area contributed by atoms with Crippen molar-refractivity contribution in [3.63, 3.8) is 0 Å². The van der Waals surface area contributed by atoms with E-state index >= 15 is 0 Å². The van der Waals surface area contributed by atoms with Gasteiger partial charge in [-0.3, -0.25) is 14.6 Å². The van der Waals surface area contributed by atoms with E-state index in [1.54, 1.807) is 12.1 Å². The summed E-state index contributed by atoms with van der Waals surface area (Å²) < 4.78 is 5.81. The van der Waals surface area contributed by atoms with Gasteiger partial charge in [-0.25, -0.2) is 0 Å². The number of rotatable bonds is 3. The minimum Gasteiger partial charge on any atom is -0.481 e. The van der Waals surface area contributed by atoms with Crippen LogP contribution in [0.15, 0.2) is 12.1 Å². The number of carboxylic acids is 1. The standard InChI is InChI=1S/C17H22N2O4/c1-10-5-12(6-11(2)18-10)15(20)19-14-3-4-23-17(9-14)7-13(8-17)16(21)22/h5-6,13-14H,3-4,7-9H2,1-2H3,(H,19,20)(H,21,22). The number of aryl methyl sites for hydroxylation is 2. The Bertz CT molecular complexity index is 617. The van der Waals surface area contributed by atoms with E-state index in [0.29, 0.717) is 31.4 Å². The molecule has 1 amide bonds.